The van der Waals surface area contributed by atoms with Gasteiger partial charge in [-0.15, -0.1) is 0 Å². The summed E-state index contributed by atoms with van der Waals surface area (Å²) in [7, 11) is 0. The predicted molar refractivity (Wildman–Crippen MR) is 105 cm³/mol. The molecule has 2 fully saturated rings. The summed E-state index contributed by atoms with van der Waals surface area (Å²) in [5.41, 5.74) is 0.539. The van der Waals surface area contributed by atoms with E-state index in [0.29, 0.717) is 23.7 Å². The maximum absolute atomic E-state index is 12.8. The zero-order valence-corrected chi connectivity index (χ0v) is 16.6. The highest BCUT2D eigenvalue weighted by Crippen LogP contribution is 2.40. The second-order valence-electron chi connectivity index (χ2n) is 8.27. The van der Waals surface area contributed by atoms with Gasteiger partial charge in [-0.25, -0.2) is 4.98 Å². The van der Waals surface area contributed by atoms with Crippen molar-refractivity contribution in [3.05, 3.63) is 48.3 Å². The number of ether oxygens (including phenoxy) is 1. The molecular formula is C22H24F3N3O2. The molecule has 2 aliphatic rings. The van der Waals surface area contributed by atoms with Crippen molar-refractivity contribution in [1.29, 1.82) is 0 Å². The maximum Gasteiger partial charge on any atom is 0.406 e. The lowest BCUT2D eigenvalue weighted by molar-refractivity contribution is -0.139. The molecule has 3 heterocycles. The fraction of sp³-hybridized carbons (Fsp3) is 0.500. The molecule has 0 radical (unpaired) electrons. The van der Waals surface area contributed by atoms with Crippen molar-refractivity contribution in [2.45, 2.75) is 57.0 Å². The maximum atomic E-state index is 12.8. The molecule has 5 rings (SSSR count). The summed E-state index contributed by atoms with van der Waals surface area (Å²) in [6.45, 7) is 1.45. The topological polar surface area (TPSA) is 43.4 Å². The van der Waals surface area contributed by atoms with Gasteiger partial charge >= 0.3 is 6.18 Å². The number of fused-ring (bicyclic) bond motifs is 1. The Morgan fingerprint density at radius 1 is 1.10 bits per heavy atom. The zero-order chi connectivity index (χ0) is 20.7. The zero-order valence-electron chi connectivity index (χ0n) is 16.6. The highest BCUT2D eigenvalue weighted by molar-refractivity contribution is 5.86. The molecule has 30 heavy (non-hydrogen) atoms. The average Bonchev–Trinajstić information content (AvgIpc) is 3.33. The summed E-state index contributed by atoms with van der Waals surface area (Å²) in [4.78, 5) is 6.71. The summed E-state index contributed by atoms with van der Waals surface area (Å²) in [5, 5.41) is 0.719. The van der Waals surface area contributed by atoms with Gasteiger partial charge in [-0.1, -0.05) is 6.07 Å². The molecule has 160 valence electrons. The first-order chi connectivity index (χ1) is 14.4. The van der Waals surface area contributed by atoms with Crippen LogP contribution in [0.3, 0.4) is 0 Å². The van der Waals surface area contributed by atoms with E-state index in [4.69, 9.17) is 9.15 Å². The minimum Gasteiger partial charge on any atom is -0.490 e. The van der Waals surface area contributed by atoms with E-state index in [2.05, 4.69) is 9.88 Å². The number of oxazole rings is 1. The van der Waals surface area contributed by atoms with Crippen molar-refractivity contribution in [2.75, 3.05) is 13.1 Å². The molecule has 0 atom stereocenters. The van der Waals surface area contributed by atoms with Crippen LogP contribution in [0.25, 0.3) is 10.9 Å². The Morgan fingerprint density at radius 3 is 2.63 bits per heavy atom. The minimum absolute atomic E-state index is 0.0457. The lowest BCUT2D eigenvalue weighted by Gasteiger charge is -2.31. The molecule has 8 heteroatoms. The third-order valence-electron chi connectivity index (χ3n) is 5.86. The summed E-state index contributed by atoms with van der Waals surface area (Å²) >= 11 is 0. The van der Waals surface area contributed by atoms with E-state index in [1.54, 1.807) is 18.2 Å². The second kappa shape index (κ2) is 7.65. The van der Waals surface area contributed by atoms with Crippen LogP contribution in [0.5, 0.6) is 5.75 Å². The number of piperidine rings is 1. The minimum atomic E-state index is -4.25. The van der Waals surface area contributed by atoms with E-state index in [0.717, 1.165) is 43.0 Å². The monoisotopic (exact) mass is 419 g/mol. The first-order valence-corrected chi connectivity index (χ1v) is 10.4. The van der Waals surface area contributed by atoms with Gasteiger partial charge in [0.2, 0.25) is 5.89 Å². The number of hydrogen-bond acceptors (Lipinski definition) is 4. The van der Waals surface area contributed by atoms with Crippen molar-refractivity contribution in [3.8, 4) is 5.75 Å². The third-order valence-corrected chi connectivity index (χ3v) is 5.86. The number of nitrogens with zero attached hydrogens (tertiary/aromatic N) is 3. The largest absolute Gasteiger partial charge is 0.490 e. The van der Waals surface area contributed by atoms with Crippen LogP contribution in [0, 0.1) is 0 Å². The number of hydrogen-bond donors (Lipinski definition) is 0. The molecule has 3 aromatic rings. The van der Waals surface area contributed by atoms with E-state index in [-0.39, 0.29) is 6.10 Å². The smallest absolute Gasteiger partial charge is 0.406 e. The molecule has 0 bridgehead atoms. The molecule has 0 unspecified atom stereocenters. The van der Waals surface area contributed by atoms with Crippen molar-refractivity contribution >= 4 is 10.9 Å². The van der Waals surface area contributed by atoms with E-state index < -0.39 is 12.7 Å². The van der Waals surface area contributed by atoms with Crippen molar-refractivity contribution in [1.82, 2.24) is 14.5 Å². The summed E-state index contributed by atoms with van der Waals surface area (Å²) in [5.74, 6) is 2.99. The van der Waals surface area contributed by atoms with Gasteiger partial charge in [0.25, 0.3) is 0 Å². The molecule has 0 spiro atoms. The fourth-order valence-corrected chi connectivity index (χ4v) is 4.14. The van der Waals surface area contributed by atoms with Crippen LogP contribution in [0.15, 0.2) is 41.1 Å². The molecule has 2 aromatic heterocycles. The Kier molecular flexibility index (Phi) is 4.97. The van der Waals surface area contributed by atoms with E-state index in [9.17, 15) is 13.2 Å². The molecule has 1 aromatic carbocycles. The van der Waals surface area contributed by atoms with E-state index in [1.165, 1.54) is 23.6 Å². The van der Waals surface area contributed by atoms with Crippen molar-refractivity contribution < 1.29 is 22.3 Å². The molecular weight excluding hydrogens is 395 g/mol. The van der Waals surface area contributed by atoms with Crippen LogP contribution in [0.1, 0.15) is 43.3 Å². The quantitative estimate of drug-likeness (QED) is 0.557. The second-order valence-corrected chi connectivity index (χ2v) is 8.27. The number of rotatable bonds is 6. The normalized spacial score (nSPS) is 18.9. The Balaban J connectivity index is 1.19. The van der Waals surface area contributed by atoms with Gasteiger partial charge < -0.3 is 13.7 Å². The standard InChI is InChI=1S/C22H24F3N3O2/c23-22(24,25)14-28-11-8-17-18(28)2-1-3-19(17)29-16-6-9-27(10-7-16)13-21-26-12-20(30-21)15-4-5-15/h1-3,8,11-12,15-16H,4-7,9-10,13-14H2. The van der Waals surface area contributed by atoms with Gasteiger partial charge in [0.05, 0.1) is 18.3 Å². The average molecular weight is 419 g/mol. The Bertz CT molecular complexity index is 1010. The van der Waals surface area contributed by atoms with Gasteiger partial charge in [0.1, 0.15) is 24.2 Å². The summed E-state index contributed by atoms with van der Waals surface area (Å²) < 4.78 is 51.6. The van der Waals surface area contributed by atoms with Crippen LogP contribution >= 0.6 is 0 Å². The number of aromatic nitrogens is 2. The molecule has 1 aliphatic heterocycles. The Labute approximate surface area is 172 Å². The number of benzene rings is 1. The van der Waals surface area contributed by atoms with Crippen LogP contribution in [0.2, 0.25) is 0 Å². The molecule has 0 N–H and O–H groups in total. The van der Waals surface area contributed by atoms with Crippen LogP contribution in [0.4, 0.5) is 13.2 Å². The predicted octanol–water partition coefficient (Wildman–Crippen LogP) is 5.11. The molecule has 1 aliphatic carbocycles. The highest BCUT2D eigenvalue weighted by atomic mass is 19.4. The van der Waals surface area contributed by atoms with E-state index >= 15 is 0 Å². The van der Waals surface area contributed by atoms with Crippen LogP contribution in [-0.2, 0) is 13.1 Å². The number of alkyl halides is 3. The Morgan fingerprint density at radius 2 is 1.90 bits per heavy atom. The number of likely N-dealkylation sites (tertiary alicyclic amines) is 1. The van der Waals surface area contributed by atoms with Crippen LogP contribution in [-0.4, -0.2) is 39.8 Å². The van der Waals surface area contributed by atoms with Crippen LogP contribution < -0.4 is 4.74 Å². The molecule has 5 nitrogen and oxygen atoms in total. The SMILES string of the molecule is FC(F)(F)Cn1ccc2c(OC3CCN(Cc4ncc(C5CC5)o4)CC3)cccc21. The van der Waals surface area contributed by atoms with Gasteiger partial charge in [-0.3, -0.25) is 4.90 Å². The van der Waals surface area contributed by atoms with Gasteiger partial charge in [0, 0.05) is 30.6 Å². The number of halogens is 3. The van der Waals surface area contributed by atoms with Gasteiger partial charge in [0.15, 0.2) is 0 Å². The third kappa shape index (κ3) is 4.33. The van der Waals surface area contributed by atoms with Crippen molar-refractivity contribution in [3.63, 3.8) is 0 Å². The van der Waals surface area contributed by atoms with Gasteiger partial charge in [-0.2, -0.15) is 13.2 Å². The first kappa shape index (κ1) is 19.5. The lowest BCUT2D eigenvalue weighted by atomic mass is 10.1. The Hall–Kier alpha value is -2.48. The first-order valence-electron chi connectivity index (χ1n) is 10.4. The molecule has 1 saturated heterocycles. The van der Waals surface area contributed by atoms with Gasteiger partial charge in [-0.05, 0) is 43.9 Å². The lowest BCUT2D eigenvalue weighted by Crippen LogP contribution is -2.37. The molecule has 0 amide bonds. The molecule has 1 saturated carbocycles. The summed E-state index contributed by atoms with van der Waals surface area (Å²) in [6, 6.07) is 6.98. The van der Waals surface area contributed by atoms with Crippen molar-refractivity contribution in [2.24, 2.45) is 0 Å². The fourth-order valence-electron chi connectivity index (χ4n) is 4.14. The van der Waals surface area contributed by atoms with E-state index in [1.807, 2.05) is 12.3 Å². The summed E-state index contributed by atoms with van der Waals surface area (Å²) in [6.07, 6.45) is 3.23. The highest BCUT2D eigenvalue weighted by Gasteiger charge is 2.30.